The van der Waals surface area contributed by atoms with Gasteiger partial charge in [-0.05, 0) is 31.2 Å². The Bertz CT molecular complexity index is 271. The highest BCUT2D eigenvalue weighted by Gasteiger charge is 2.69. The molecule has 1 heterocycles. The van der Waals surface area contributed by atoms with Gasteiger partial charge >= 0.3 is 0 Å². The third-order valence-corrected chi connectivity index (χ3v) is 5.69. The zero-order chi connectivity index (χ0) is 10.1. The van der Waals surface area contributed by atoms with Crippen LogP contribution < -0.4 is 0 Å². The first kappa shape index (κ1) is 9.17. The van der Waals surface area contributed by atoms with E-state index in [1.54, 1.807) is 0 Å². The van der Waals surface area contributed by atoms with Gasteiger partial charge in [0.2, 0.25) is 0 Å². The topological polar surface area (TPSA) is 12.5 Å². The number of hydrogen-bond acceptors (Lipinski definition) is 2. The molecule has 0 amide bonds. The van der Waals surface area contributed by atoms with Crippen LogP contribution in [-0.4, -0.2) is 30.8 Å². The summed E-state index contributed by atoms with van der Waals surface area (Å²) < 4.78 is 5.99. The van der Waals surface area contributed by atoms with Crippen molar-refractivity contribution in [3.05, 3.63) is 0 Å². The van der Waals surface area contributed by atoms with Crippen molar-refractivity contribution in [1.29, 1.82) is 0 Å². The second-order valence-electron chi connectivity index (χ2n) is 6.25. The summed E-state index contributed by atoms with van der Waals surface area (Å²) in [7, 11) is 2.21. The second-order valence-corrected chi connectivity index (χ2v) is 6.25. The maximum Gasteiger partial charge on any atom is 0.0996 e. The normalized spacial score (nSPS) is 55.3. The molecule has 0 aromatic carbocycles. The molecule has 3 fully saturated rings. The van der Waals surface area contributed by atoms with Gasteiger partial charge < -0.3 is 4.74 Å². The Hall–Kier alpha value is -0.0800. The number of ether oxygens (including phenoxy) is 1. The largest absolute Gasteiger partial charge is 0.361 e. The standard InChI is InChI=1S/C12H21NO/c1-11(2)8-5-6-12(11,3)10-9(8)13(4)7-14-10/h8-10H,5-7H2,1-4H3/t8-,9-,10-,12+/m1/s1. The average molecular weight is 195 g/mol. The lowest BCUT2D eigenvalue weighted by Crippen LogP contribution is -2.40. The molecule has 0 aromatic rings. The van der Waals surface area contributed by atoms with Crippen molar-refractivity contribution < 1.29 is 4.74 Å². The van der Waals surface area contributed by atoms with Gasteiger partial charge in [0.1, 0.15) is 0 Å². The van der Waals surface area contributed by atoms with Crippen LogP contribution in [0, 0.1) is 16.7 Å². The molecule has 0 aromatic heterocycles. The van der Waals surface area contributed by atoms with Crippen LogP contribution in [0.1, 0.15) is 33.6 Å². The molecule has 0 N–H and O–H groups in total. The second kappa shape index (κ2) is 2.35. The van der Waals surface area contributed by atoms with Crippen molar-refractivity contribution in [3.63, 3.8) is 0 Å². The molecule has 1 saturated heterocycles. The Kier molecular flexibility index (Phi) is 1.54. The monoisotopic (exact) mass is 195 g/mol. The van der Waals surface area contributed by atoms with Crippen molar-refractivity contribution in [3.8, 4) is 0 Å². The van der Waals surface area contributed by atoms with E-state index in [2.05, 4.69) is 32.7 Å². The molecule has 2 bridgehead atoms. The van der Waals surface area contributed by atoms with Gasteiger partial charge in [0.15, 0.2) is 0 Å². The van der Waals surface area contributed by atoms with Crippen LogP contribution in [0.25, 0.3) is 0 Å². The summed E-state index contributed by atoms with van der Waals surface area (Å²) in [4.78, 5) is 2.42. The van der Waals surface area contributed by atoms with Crippen LogP contribution >= 0.6 is 0 Å². The van der Waals surface area contributed by atoms with E-state index in [4.69, 9.17) is 4.74 Å². The summed E-state index contributed by atoms with van der Waals surface area (Å²) in [6.07, 6.45) is 3.26. The predicted octanol–water partition coefficient (Wildman–Crippen LogP) is 2.10. The van der Waals surface area contributed by atoms with Crippen LogP contribution in [0.15, 0.2) is 0 Å². The van der Waals surface area contributed by atoms with E-state index in [9.17, 15) is 0 Å². The zero-order valence-corrected chi connectivity index (χ0v) is 9.71. The fourth-order valence-corrected chi connectivity index (χ4v) is 4.36. The number of rotatable bonds is 0. The Morgan fingerprint density at radius 2 is 2.00 bits per heavy atom. The lowest BCUT2D eigenvalue weighted by molar-refractivity contribution is -0.0228. The quantitative estimate of drug-likeness (QED) is 0.587. The van der Waals surface area contributed by atoms with Gasteiger partial charge in [0, 0.05) is 11.5 Å². The number of likely N-dealkylation sites (N-methyl/N-ethyl adjacent to an activating group) is 1. The van der Waals surface area contributed by atoms with Crippen LogP contribution in [0.2, 0.25) is 0 Å². The van der Waals surface area contributed by atoms with E-state index >= 15 is 0 Å². The zero-order valence-electron chi connectivity index (χ0n) is 9.71. The van der Waals surface area contributed by atoms with Gasteiger partial charge in [-0.15, -0.1) is 0 Å². The van der Waals surface area contributed by atoms with Crippen molar-refractivity contribution in [2.75, 3.05) is 13.8 Å². The first-order chi connectivity index (χ1) is 6.48. The highest BCUT2D eigenvalue weighted by molar-refractivity contribution is 5.19. The van der Waals surface area contributed by atoms with Gasteiger partial charge in [-0.25, -0.2) is 0 Å². The number of fused-ring (bicyclic) bond motifs is 5. The fourth-order valence-electron chi connectivity index (χ4n) is 4.36. The first-order valence-corrected chi connectivity index (χ1v) is 5.80. The highest BCUT2D eigenvalue weighted by atomic mass is 16.5. The Labute approximate surface area is 86.6 Å². The lowest BCUT2D eigenvalue weighted by atomic mass is 9.70. The fraction of sp³-hybridized carbons (Fsp3) is 1.00. The van der Waals surface area contributed by atoms with E-state index in [-0.39, 0.29) is 0 Å². The molecule has 2 saturated carbocycles. The van der Waals surface area contributed by atoms with Gasteiger partial charge in [0.25, 0.3) is 0 Å². The van der Waals surface area contributed by atoms with Crippen molar-refractivity contribution in [1.82, 2.24) is 4.90 Å². The molecular weight excluding hydrogens is 174 g/mol. The van der Waals surface area contributed by atoms with Gasteiger partial charge in [0.05, 0.1) is 12.8 Å². The highest BCUT2D eigenvalue weighted by Crippen LogP contribution is 2.68. The molecule has 4 atom stereocenters. The van der Waals surface area contributed by atoms with E-state index in [1.165, 1.54) is 12.8 Å². The maximum atomic E-state index is 5.99. The smallest absolute Gasteiger partial charge is 0.0996 e. The van der Waals surface area contributed by atoms with E-state index in [0.717, 1.165) is 12.6 Å². The molecule has 2 nitrogen and oxygen atoms in total. The van der Waals surface area contributed by atoms with Crippen LogP contribution in [0.5, 0.6) is 0 Å². The minimum absolute atomic E-state index is 0.424. The number of nitrogens with zero attached hydrogens (tertiary/aromatic N) is 1. The molecular formula is C12H21NO. The third-order valence-electron chi connectivity index (χ3n) is 5.69. The Balaban J connectivity index is 2.06. The van der Waals surface area contributed by atoms with E-state index in [1.807, 2.05) is 0 Å². The summed E-state index contributed by atoms with van der Waals surface area (Å²) >= 11 is 0. The molecule has 2 aliphatic carbocycles. The lowest BCUT2D eigenvalue weighted by Gasteiger charge is -2.37. The molecule has 0 unspecified atom stereocenters. The van der Waals surface area contributed by atoms with Crippen molar-refractivity contribution >= 4 is 0 Å². The molecule has 3 aliphatic rings. The van der Waals surface area contributed by atoms with Crippen molar-refractivity contribution in [2.45, 2.75) is 45.8 Å². The summed E-state index contributed by atoms with van der Waals surface area (Å²) in [6, 6.07) is 0.698. The minimum Gasteiger partial charge on any atom is -0.361 e. The Morgan fingerprint density at radius 1 is 1.29 bits per heavy atom. The molecule has 80 valence electrons. The average Bonchev–Trinajstić information content (AvgIpc) is 2.63. The molecule has 3 rings (SSSR count). The van der Waals surface area contributed by atoms with E-state index < -0.39 is 0 Å². The van der Waals surface area contributed by atoms with E-state index in [0.29, 0.717) is 23.0 Å². The first-order valence-electron chi connectivity index (χ1n) is 5.80. The predicted molar refractivity (Wildman–Crippen MR) is 55.9 cm³/mol. The summed E-state index contributed by atoms with van der Waals surface area (Å²) in [5, 5.41) is 0. The minimum atomic E-state index is 0.424. The Morgan fingerprint density at radius 3 is 2.64 bits per heavy atom. The van der Waals surface area contributed by atoms with Gasteiger partial charge in [-0.1, -0.05) is 20.8 Å². The molecule has 0 spiro atoms. The molecule has 0 radical (unpaired) electrons. The molecule has 2 heteroatoms. The van der Waals surface area contributed by atoms with Gasteiger partial charge in [-0.3, -0.25) is 4.90 Å². The van der Waals surface area contributed by atoms with Gasteiger partial charge in [-0.2, -0.15) is 0 Å². The summed E-state index contributed by atoms with van der Waals surface area (Å²) in [6.45, 7) is 8.18. The van der Waals surface area contributed by atoms with Crippen LogP contribution in [0.3, 0.4) is 0 Å². The molecule has 1 aliphatic heterocycles. The summed E-state index contributed by atoms with van der Waals surface area (Å²) in [5.74, 6) is 0.852. The third kappa shape index (κ3) is 0.737. The van der Waals surface area contributed by atoms with Crippen molar-refractivity contribution in [2.24, 2.45) is 16.7 Å². The van der Waals surface area contributed by atoms with Crippen LogP contribution in [-0.2, 0) is 4.74 Å². The summed E-state index contributed by atoms with van der Waals surface area (Å²) in [5.41, 5.74) is 0.893. The molecule has 14 heavy (non-hydrogen) atoms. The maximum absolute atomic E-state index is 5.99. The number of hydrogen-bond donors (Lipinski definition) is 0. The SMILES string of the molecule is CN1CO[C@@H]2[C@H]1[C@H]1CC[C@]2(C)C1(C)C. The van der Waals surface area contributed by atoms with Crippen LogP contribution in [0.4, 0.5) is 0 Å².